The van der Waals surface area contributed by atoms with E-state index in [0.29, 0.717) is 30.3 Å². The Kier molecular flexibility index (Phi) is 5.52. The van der Waals surface area contributed by atoms with Crippen molar-refractivity contribution in [3.05, 3.63) is 34.4 Å². The molecule has 8 nitrogen and oxygen atoms in total. The van der Waals surface area contributed by atoms with Crippen molar-refractivity contribution in [2.24, 2.45) is 5.73 Å². The van der Waals surface area contributed by atoms with Crippen LogP contribution in [0.3, 0.4) is 0 Å². The second-order valence-corrected chi connectivity index (χ2v) is 7.54. The maximum Gasteiger partial charge on any atom is 0.325 e. The van der Waals surface area contributed by atoms with E-state index in [1.54, 1.807) is 21.7 Å². The molecule has 1 aromatic carbocycles. The van der Waals surface area contributed by atoms with Gasteiger partial charge in [0.25, 0.3) is 0 Å². The van der Waals surface area contributed by atoms with E-state index in [-0.39, 0.29) is 13.0 Å². The Bertz CT molecular complexity index is 910. The van der Waals surface area contributed by atoms with Crippen LogP contribution in [0.2, 0.25) is 0 Å². The van der Waals surface area contributed by atoms with Crippen LogP contribution in [0.1, 0.15) is 30.9 Å². The molecule has 0 bridgehead atoms. The number of amides is 1. The number of hydrogen-bond donors (Lipinski definition) is 3. The molecule has 1 aromatic heterocycles. The third kappa shape index (κ3) is 3.84. The lowest BCUT2D eigenvalue weighted by atomic mass is 10.0. The molecule has 1 aliphatic heterocycles. The fourth-order valence-corrected chi connectivity index (χ4v) is 4.12. The summed E-state index contributed by atoms with van der Waals surface area (Å²) in [5.74, 6) is -2.53. The minimum atomic E-state index is -1.07. The predicted molar refractivity (Wildman–Crippen MR) is 101 cm³/mol. The summed E-state index contributed by atoms with van der Waals surface area (Å²) in [6.45, 7) is 0.677. The lowest BCUT2D eigenvalue weighted by Crippen LogP contribution is -2.44. The SMILES string of the molecule is NC(=O)C1CCCN1C(C(=O)O)c1cn(CCC(=O)O)c2cc(Br)ccc12. The Morgan fingerprint density at radius 1 is 1.30 bits per heavy atom. The number of aliphatic carboxylic acids is 2. The number of carboxylic acid groups (broad SMARTS) is 2. The van der Waals surface area contributed by atoms with E-state index >= 15 is 0 Å². The Hall–Kier alpha value is -2.39. The van der Waals surface area contributed by atoms with Crippen molar-refractivity contribution in [3.8, 4) is 0 Å². The summed E-state index contributed by atoms with van der Waals surface area (Å²) >= 11 is 3.40. The topological polar surface area (TPSA) is 126 Å². The molecule has 4 N–H and O–H groups in total. The summed E-state index contributed by atoms with van der Waals surface area (Å²) in [6, 6.07) is 3.78. The highest BCUT2D eigenvalue weighted by molar-refractivity contribution is 9.10. The largest absolute Gasteiger partial charge is 0.481 e. The normalized spacial score (nSPS) is 18.6. The first kappa shape index (κ1) is 19.4. The average molecular weight is 438 g/mol. The van der Waals surface area contributed by atoms with Gasteiger partial charge in [0, 0.05) is 40.2 Å². The highest BCUT2D eigenvalue weighted by atomic mass is 79.9. The summed E-state index contributed by atoms with van der Waals surface area (Å²) in [7, 11) is 0. The number of carbonyl (C=O) groups excluding carboxylic acids is 1. The van der Waals surface area contributed by atoms with Gasteiger partial charge >= 0.3 is 11.9 Å². The van der Waals surface area contributed by atoms with Crippen molar-refractivity contribution in [1.82, 2.24) is 9.47 Å². The third-order valence-electron chi connectivity index (χ3n) is 4.92. The van der Waals surface area contributed by atoms with E-state index in [1.807, 2.05) is 12.1 Å². The summed E-state index contributed by atoms with van der Waals surface area (Å²) in [4.78, 5) is 36.5. The molecule has 0 radical (unpaired) electrons. The van der Waals surface area contributed by atoms with Gasteiger partial charge in [-0.05, 0) is 25.0 Å². The molecule has 3 rings (SSSR count). The molecule has 1 fully saturated rings. The van der Waals surface area contributed by atoms with E-state index in [4.69, 9.17) is 10.8 Å². The number of fused-ring (bicyclic) bond motifs is 1. The van der Waals surface area contributed by atoms with Crippen LogP contribution in [0.4, 0.5) is 0 Å². The van der Waals surface area contributed by atoms with Crippen molar-refractivity contribution in [2.75, 3.05) is 6.54 Å². The molecular formula is C18H20BrN3O5. The molecule has 2 atom stereocenters. The molecule has 27 heavy (non-hydrogen) atoms. The number of nitrogens with zero attached hydrogens (tertiary/aromatic N) is 2. The molecule has 0 saturated carbocycles. The fourth-order valence-electron chi connectivity index (χ4n) is 3.77. The van der Waals surface area contributed by atoms with Crippen LogP contribution in [0.5, 0.6) is 0 Å². The molecule has 144 valence electrons. The zero-order valence-electron chi connectivity index (χ0n) is 14.5. The first-order valence-electron chi connectivity index (χ1n) is 8.57. The minimum Gasteiger partial charge on any atom is -0.481 e. The Morgan fingerprint density at radius 2 is 2.04 bits per heavy atom. The number of likely N-dealkylation sites (tertiary alicyclic amines) is 1. The number of benzene rings is 1. The van der Waals surface area contributed by atoms with Crippen LogP contribution in [0, 0.1) is 0 Å². The summed E-state index contributed by atoms with van der Waals surface area (Å²) in [6.07, 6.45) is 2.82. The van der Waals surface area contributed by atoms with Crippen molar-refractivity contribution < 1.29 is 24.6 Å². The van der Waals surface area contributed by atoms with Crippen molar-refractivity contribution in [2.45, 2.75) is 37.9 Å². The molecule has 2 unspecified atom stereocenters. The summed E-state index contributed by atoms with van der Waals surface area (Å²) in [5, 5.41) is 19.6. The van der Waals surface area contributed by atoms with Gasteiger partial charge in [0.2, 0.25) is 5.91 Å². The van der Waals surface area contributed by atoms with Crippen LogP contribution in [0.25, 0.3) is 10.9 Å². The average Bonchev–Trinajstić information content (AvgIpc) is 3.18. The van der Waals surface area contributed by atoms with Gasteiger partial charge in [0.05, 0.1) is 12.5 Å². The molecule has 0 aliphatic carbocycles. The highest BCUT2D eigenvalue weighted by Gasteiger charge is 2.39. The van der Waals surface area contributed by atoms with Crippen LogP contribution >= 0.6 is 15.9 Å². The summed E-state index contributed by atoms with van der Waals surface area (Å²) in [5.41, 5.74) is 6.74. The first-order chi connectivity index (χ1) is 12.8. The molecule has 2 aromatic rings. The van der Waals surface area contributed by atoms with E-state index in [1.165, 1.54) is 0 Å². The number of carbonyl (C=O) groups is 3. The monoisotopic (exact) mass is 437 g/mol. The lowest BCUT2D eigenvalue weighted by molar-refractivity contribution is -0.145. The number of aryl methyl sites for hydroxylation is 1. The molecule has 1 amide bonds. The highest BCUT2D eigenvalue weighted by Crippen LogP contribution is 2.36. The molecular weight excluding hydrogens is 418 g/mol. The van der Waals surface area contributed by atoms with Crippen LogP contribution < -0.4 is 5.73 Å². The van der Waals surface area contributed by atoms with Gasteiger partial charge in [0.15, 0.2) is 0 Å². The van der Waals surface area contributed by atoms with Gasteiger partial charge < -0.3 is 20.5 Å². The number of hydrogen-bond acceptors (Lipinski definition) is 4. The first-order valence-corrected chi connectivity index (χ1v) is 9.37. The van der Waals surface area contributed by atoms with Crippen molar-refractivity contribution >= 4 is 44.7 Å². The number of halogens is 1. The van der Waals surface area contributed by atoms with Gasteiger partial charge in [-0.3, -0.25) is 19.3 Å². The predicted octanol–water partition coefficient (Wildman–Crippen LogP) is 1.95. The third-order valence-corrected chi connectivity index (χ3v) is 5.42. The van der Waals surface area contributed by atoms with Gasteiger partial charge in [-0.1, -0.05) is 22.0 Å². The second-order valence-electron chi connectivity index (χ2n) is 6.62. The van der Waals surface area contributed by atoms with E-state index in [0.717, 1.165) is 9.99 Å². The molecule has 2 heterocycles. The molecule has 1 aliphatic rings. The Labute approximate surface area is 163 Å². The number of rotatable bonds is 7. The number of aromatic nitrogens is 1. The van der Waals surface area contributed by atoms with Crippen LogP contribution in [-0.2, 0) is 20.9 Å². The molecule has 9 heteroatoms. The van der Waals surface area contributed by atoms with Gasteiger partial charge in [-0.15, -0.1) is 0 Å². The smallest absolute Gasteiger partial charge is 0.325 e. The van der Waals surface area contributed by atoms with Crippen LogP contribution in [0.15, 0.2) is 28.9 Å². The second kappa shape index (κ2) is 7.69. The molecule has 1 saturated heterocycles. The Balaban J connectivity index is 2.11. The maximum absolute atomic E-state index is 12.1. The quantitative estimate of drug-likeness (QED) is 0.607. The lowest BCUT2D eigenvalue weighted by Gasteiger charge is -2.28. The standard InChI is InChI=1S/C18H20BrN3O5/c19-10-3-4-11-12(9-21(14(11)8-10)7-5-15(23)24)16(18(26)27)22-6-1-2-13(22)17(20)25/h3-4,8-9,13,16H,1-2,5-7H2,(H2,20,25)(H,23,24)(H,26,27). The minimum absolute atomic E-state index is 0.0822. The van der Waals surface area contributed by atoms with E-state index in [2.05, 4.69) is 15.9 Å². The molecule has 0 spiro atoms. The van der Waals surface area contributed by atoms with Gasteiger partial charge in [-0.25, -0.2) is 0 Å². The summed E-state index contributed by atoms with van der Waals surface area (Å²) < 4.78 is 2.55. The fraction of sp³-hybridized carbons (Fsp3) is 0.389. The van der Waals surface area contributed by atoms with E-state index in [9.17, 15) is 19.5 Å². The number of carboxylic acids is 2. The maximum atomic E-state index is 12.1. The Morgan fingerprint density at radius 3 is 2.67 bits per heavy atom. The van der Waals surface area contributed by atoms with Crippen molar-refractivity contribution in [3.63, 3.8) is 0 Å². The van der Waals surface area contributed by atoms with Gasteiger partial charge in [0.1, 0.15) is 6.04 Å². The number of primary amides is 1. The zero-order chi connectivity index (χ0) is 19.7. The number of nitrogens with two attached hydrogens (primary N) is 1. The van der Waals surface area contributed by atoms with E-state index < -0.39 is 29.9 Å². The van der Waals surface area contributed by atoms with Gasteiger partial charge in [-0.2, -0.15) is 0 Å². The van der Waals surface area contributed by atoms with Crippen molar-refractivity contribution in [1.29, 1.82) is 0 Å². The zero-order valence-corrected chi connectivity index (χ0v) is 16.1. The van der Waals surface area contributed by atoms with Crippen LogP contribution in [-0.4, -0.2) is 50.1 Å².